The molecule has 2 aromatic carbocycles. The highest BCUT2D eigenvalue weighted by molar-refractivity contribution is 5.96. The second-order valence-electron chi connectivity index (χ2n) is 7.19. The quantitative estimate of drug-likeness (QED) is 0.895. The van der Waals surface area contributed by atoms with Gasteiger partial charge in [-0.2, -0.15) is 0 Å². The summed E-state index contributed by atoms with van der Waals surface area (Å²) in [5.74, 6) is 0.435. The van der Waals surface area contributed by atoms with Crippen LogP contribution in [-0.2, 0) is 4.79 Å². The SMILES string of the molecule is COc1cccc(NC(=O)[C@@H]2CCCN(C(=O)c3cc(C)cc(C)c3)C2)c1. The predicted octanol–water partition coefficient (Wildman–Crippen LogP) is 3.80. The molecular formula is C22H26N2O3. The molecule has 1 aliphatic heterocycles. The van der Waals surface area contributed by atoms with Gasteiger partial charge in [-0.3, -0.25) is 9.59 Å². The van der Waals surface area contributed by atoms with Crippen LogP contribution in [0, 0.1) is 19.8 Å². The highest BCUT2D eigenvalue weighted by atomic mass is 16.5. The normalized spacial score (nSPS) is 16.7. The fourth-order valence-electron chi connectivity index (χ4n) is 3.60. The van der Waals surface area contributed by atoms with E-state index in [-0.39, 0.29) is 17.7 Å². The van der Waals surface area contributed by atoms with Crippen LogP contribution in [0.5, 0.6) is 5.75 Å². The van der Waals surface area contributed by atoms with E-state index in [2.05, 4.69) is 11.4 Å². The van der Waals surface area contributed by atoms with Crippen molar-refractivity contribution in [3.8, 4) is 5.75 Å². The molecule has 27 heavy (non-hydrogen) atoms. The topological polar surface area (TPSA) is 58.6 Å². The highest BCUT2D eigenvalue weighted by Crippen LogP contribution is 2.23. The number of methoxy groups -OCH3 is 1. The molecule has 5 heteroatoms. The van der Waals surface area contributed by atoms with Crippen molar-refractivity contribution in [3.05, 3.63) is 59.2 Å². The van der Waals surface area contributed by atoms with E-state index in [1.54, 1.807) is 18.1 Å². The molecular weight excluding hydrogens is 340 g/mol. The second-order valence-corrected chi connectivity index (χ2v) is 7.19. The van der Waals surface area contributed by atoms with Crippen LogP contribution in [0.3, 0.4) is 0 Å². The Hall–Kier alpha value is -2.82. The summed E-state index contributed by atoms with van der Waals surface area (Å²) in [6.45, 7) is 5.12. The Bertz CT molecular complexity index is 827. The fourth-order valence-corrected chi connectivity index (χ4v) is 3.60. The molecule has 1 fully saturated rings. The smallest absolute Gasteiger partial charge is 0.253 e. The van der Waals surface area contributed by atoms with Gasteiger partial charge in [-0.25, -0.2) is 0 Å². The molecule has 2 amide bonds. The number of carbonyl (C=O) groups excluding carboxylic acids is 2. The number of nitrogens with zero attached hydrogens (tertiary/aromatic N) is 1. The van der Waals surface area contributed by atoms with Crippen LogP contribution < -0.4 is 10.1 Å². The number of carbonyl (C=O) groups is 2. The van der Waals surface area contributed by atoms with Crippen LogP contribution in [0.2, 0.25) is 0 Å². The molecule has 0 radical (unpaired) electrons. The minimum Gasteiger partial charge on any atom is -0.497 e. The molecule has 0 unspecified atom stereocenters. The van der Waals surface area contributed by atoms with Crippen molar-refractivity contribution in [2.75, 3.05) is 25.5 Å². The monoisotopic (exact) mass is 366 g/mol. The highest BCUT2D eigenvalue weighted by Gasteiger charge is 2.29. The van der Waals surface area contributed by atoms with Gasteiger partial charge in [0.2, 0.25) is 5.91 Å². The summed E-state index contributed by atoms with van der Waals surface area (Å²) >= 11 is 0. The van der Waals surface area contributed by atoms with Gasteiger partial charge in [0.05, 0.1) is 13.0 Å². The average molecular weight is 366 g/mol. The first-order valence-corrected chi connectivity index (χ1v) is 9.29. The molecule has 2 aromatic rings. The Morgan fingerprint density at radius 1 is 1.11 bits per heavy atom. The zero-order chi connectivity index (χ0) is 19.4. The molecule has 0 aliphatic carbocycles. The number of anilines is 1. The Labute approximate surface area is 160 Å². The average Bonchev–Trinajstić information content (AvgIpc) is 2.67. The largest absolute Gasteiger partial charge is 0.497 e. The predicted molar refractivity (Wildman–Crippen MR) is 106 cm³/mol. The van der Waals surface area contributed by atoms with Crippen LogP contribution in [0.4, 0.5) is 5.69 Å². The van der Waals surface area contributed by atoms with Gasteiger partial charge in [0.15, 0.2) is 0 Å². The molecule has 3 rings (SSSR count). The van der Waals surface area contributed by atoms with Gasteiger partial charge in [0, 0.05) is 30.4 Å². The molecule has 1 saturated heterocycles. The third-order valence-corrected chi connectivity index (χ3v) is 4.89. The van der Waals surface area contributed by atoms with Gasteiger partial charge in [0.25, 0.3) is 5.91 Å². The number of aryl methyl sites for hydroxylation is 2. The number of nitrogens with one attached hydrogen (secondary N) is 1. The molecule has 5 nitrogen and oxygen atoms in total. The molecule has 1 heterocycles. The number of rotatable bonds is 4. The number of ether oxygens (including phenoxy) is 1. The summed E-state index contributed by atoms with van der Waals surface area (Å²) in [7, 11) is 1.60. The number of hydrogen-bond donors (Lipinski definition) is 1. The van der Waals surface area contributed by atoms with E-state index < -0.39 is 0 Å². The van der Waals surface area contributed by atoms with E-state index in [4.69, 9.17) is 4.74 Å². The molecule has 1 aliphatic rings. The van der Waals surface area contributed by atoms with Crippen LogP contribution in [0.25, 0.3) is 0 Å². The molecule has 142 valence electrons. The lowest BCUT2D eigenvalue weighted by atomic mass is 9.96. The van der Waals surface area contributed by atoms with Gasteiger partial charge in [-0.1, -0.05) is 23.3 Å². The van der Waals surface area contributed by atoms with Crippen LogP contribution in [-0.4, -0.2) is 36.9 Å². The third kappa shape index (κ3) is 4.67. The maximum Gasteiger partial charge on any atom is 0.253 e. The van der Waals surface area contributed by atoms with Crippen molar-refractivity contribution in [1.82, 2.24) is 4.90 Å². The maximum atomic E-state index is 12.9. The second kappa shape index (κ2) is 8.25. The molecule has 0 spiro atoms. The van der Waals surface area contributed by atoms with Gasteiger partial charge in [-0.05, 0) is 51.0 Å². The number of benzene rings is 2. The van der Waals surface area contributed by atoms with Gasteiger partial charge in [-0.15, -0.1) is 0 Å². The van der Waals surface area contributed by atoms with Crippen molar-refractivity contribution >= 4 is 17.5 Å². The van der Waals surface area contributed by atoms with Crippen LogP contribution >= 0.6 is 0 Å². The summed E-state index contributed by atoms with van der Waals surface area (Å²) < 4.78 is 5.19. The zero-order valence-corrected chi connectivity index (χ0v) is 16.1. The summed E-state index contributed by atoms with van der Waals surface area (Å²) in [6, 6.07) is 13.2. The van der Waals surface area contributed by atoms with E-state index in [0.29, 0.717) is 30.1 Å². The first-order chi connectivity index (χ1) is 13.0. The van der Waals surface area contributed by atoms with Crippen LogP contribution in [0.15, 0.2) is 42.5 Å². The fraction of sp³-hybridized carbons (Fsp3) is 0.364. The Morgan fingerprint density at radius 2 is 1.85 bits per heavy atom. The van der Waals surface area contributed by atoms with E-state index in [1.165, 1.54) is 0 Å². The lowest BCUT2D eigenvalue weighted by Gasteiger charge is -2.32. The maximum absolute atomic E-state index is 12.9. The summed E-state index contributed by atoms with van der Waals surface area (Å²) in [5.41, 5.74) is 3.55. The lowest BCUT2D eigenvalue weighted by molar-refractivity contribution is -0.121. The standard InChI is InChI=1S/C22H26N2O3/c1-15-10-16(2)12-18(11-15)22(26)24-9-5-6-17(14-24)21(25)23-19-7-4-8-20(13-19)27-3/h4,7-8,10-13,17H,5-6,9,14H2,1-3H3,(H,23,25)/t17-/m1/s1. The minimum absolute atomic E-state index is 0.000630. The van der Waals surface area contributed by atoms with Gasteiger partial charge < -0.3 is 15.0 Å². The Balaban J connectivity index is 1.67. The number of amides is 2. The Morgan fingerprint density at radius 3 is 2.56 bits per heavy atom. The third-order valence-electron chi connectivity index (χ3n) is 4.89. The Kier molecular flexibility index (Phi) is 5.79. The first kappa shape index (κ1) is 19.0. The van der Waals surface area contributed by atoms with Crippen molar-refractivity contribution < 1.29 is 14.3 Å². The van der Waals surface area contributed by atoms with E-state index in [1.807, 2.05) is 44.2 Å². The van der Waals surface area contributed by atoms with Gasteiger partial charge >= 0.3 is 0 Å². The molecule has 0 bridgehead atoms. The van der Waals surface area contributed by atoms with E-state index in [9.17, 15) is 9.59 Å². The summed E-state index contributed by atoms with van der Waals surface area (Å²) in [6.07, 6.45) is 1.61. The van der Waals surface area contributed by atoms with Crippen molar-refractivity contribution in [2.45, 2.75) is 26.7 Å². The lowest BCUT2D eigenvalue weighted by Crippen LogP contribution is -2.43. The van der Waals surface area contributed by atoms with Crippen molar-refractivity contribution in [1.29, 1.82) is 0 Å². The van der Waals surface area contributed by atoms with E-state index in [0.717, 1.165) is 24.0 Å². The number of hydrogen-bond acceptors (Lipinski definition) is 3. The van der Waals surface area contributed by atoms with Gasteiger partial charge in [0.1, 0.15) is 5.75 Å². The molecule has 0 aromatic heterocycles. The number of likely N-dealkylation sites (tertiary alicyclic amines) is 1. The van der Waals surface area contributed by atoms with Crippen LogP contribution in [0.1, 0.15) is 34.3 Å². The number of piperidine rings is 1. The van der Waals surface area contributed by atoms with Crippen molar-refractivity contribution in [2.24, 2.45) is 5.92 Å². The summed E-state index contributed by atoms with van der Waals surface area (Å²) in [4.78, 5) is 27.4. The first-order valence-electron chi connectivity index (χ1n) is 9.29. The van der Waals surface area contributed by atoms with E-state index >= 15 is 0 Å². The summed E-state index contributed by atoms with van der Waals surface area (Å²) in [5, 5.41) is 2.95. The van der Waals surface area contributed by atoms with Crippen molar-refractivity contribution in [3.63, 3.8) is 0 Å². The molecule has 1 N–H and O–H groups in total. The molecule has 0 saturated carbocycles. The molecule has 1 atom stereocenters. The zero-order valence-electron chi connectivity index (χ0n) is 16.1. The minimum atomic E-state index is -0.209.